The van der Waals surface area contributed by atoms with Crippen LogP contribution in [0.5, 0.6) is 5.75 Å². The topological polar surface area (TPSA) is 75.7 Å². The Bertz CT molecular complexity index is 1130. The summed E-state index contributed by atoms with van der Waals surface area (Å²) in [6.45, 7) is 1.81. The molecule has 1 N–H and O–H groups in total. The summed E-state index contributed by atoms with van der Waals surface area (Å²) in [5.41, 5.74) is 1.22. The molecule has 0 aromatic heterocycles. The molecule has 6 nitrogen and oxygen atoms in total. The molecule has 0 radical (unpaired) electrons. The molecule has 152 valence electrons. The van der Waals surface area contributed by atoms with Crippen molar-refractivity contribution in [2.75, 3.05) is 11.5 Å². The molecule has 0 unspecified atom stereocenters. The number of carbonyl (C=O) groups excluding carboxylic acids is 3. The maximum Gasteiger partial charge on any atom is 0.335 e. The zero-order valence-corrected chi connectivity index (χ0v) is 18.6. The summed E-state index contributed by atoms with van der Waals surface area (Å²) in [5.74, 6) is 1.06. The molecule has 0 aliphatic carbocycles. The molecular formula is C21H13BrCl2N2O4. The monoisotopic (exact) mass is 506 g/mol. The summed E-state index contributed by atoms with van der Waals surface area (Å²) in [5, 5.41) is 2.77. The second-order valence-electron chi connectivity index (χ2n) is 6.20. The molecule has 1 saturated heterocycles. The van der Waals surface area contributed by atoms with Gasteiger partial charge in [-0.15, -0.1) is 6.42 Å². The lowest BCUT2D eigenvalue weighted by atomic mass is 10.1. The van der Waals surface area contributed by atoms with Gasteiger partial charge in [0.2, 0.25) is 0 Å². The van der Waals surface area contributed by atoms with Crippen molar-refractivity contribution in [1.82, 2.24) is 5.32 Å². The highest BCUT2D eigenvalue weighted by molar-refractivity contribution is 9.10. The molecule has 1 aliphatic rings. The second kappa shape index (κ2) is 8.92. The first kappa shape index (κ1) is 21.9. The number of halogens is 3. The van der Waals surface area contributed by atoms with E-state index in [0.717, 1.165) is 10.5 Å². The second-order valence-corrected chi connectivity index (χ2v) is 7.87. The van der Waals surface area contributed by atoms with Crippen molar-refractivity contribution in [2.24, 2.45) is 0 Å². The van der Waals surface area contributed by atoms with E-state index >= 15 is 0 Å². The number of ether oxygens (including phenoxy) is 1. The molecular weight excluding hydrogens is 495 g/mol. The third-order valence-corrected chi connectivity index (χ3v) is 5.42. The van der Waals surface area contributed by atoms with Crippen molar-refractivity contribution in [3.63, 3.8) is 0 Å². The smallest absolute Gasteiger partial charge is 0.335 e. The van der Waals surface area contributed by atoms with E-state index in [-0.39, 0.29) is 22.9 Å². The minimum atomic E-state index is -0.862. The molecule has 0 spiro atoms. The number of barbiturate groups is 1. The van der Waals surface area contributed by atoms with Gasteiger partial charge in [0.15, 0.2) is 5.75 Å². The van der Waals surface area contributed by atoms with Crippen LogP contribution in [-0.4, -0.2) is 24.5 Å². The highest BCUT2D eigenvalue weighted by Crippen LogP contribution is 2.35. The van der Waals surface area contributed by atoms with Crippen molar-refractivity contribution < 1.29 is 19.1 Å². The van der Waals surface area contributed by atoms with Crippen molar-refractivity contribution in [2.45, 2.75) is 6.92 Å². The van der Waals surface area contributed by atoms with E-state index in [1.807, 2.05) is 0 Å². The van der Waals surface area contributed by atoms with Crippen LogP contribution in [0.3, 0.4) is 0 Å². The van der Waals surface area contributed by atoms with Crippen LogP contribution in [-0.2, 0) is 9.59 Å². The number of rotatable bonds is 4. The van der Waals surface area contributed by atoms with Crippen LogP contribution in [0, 0.1) is 19.3 Å². The summed E-state index contributed by atoms with van der Waals surface area (Å²) in [7, 11) is 0. The van der Waals surface area contributed by atoms with Gasteiger partial charge in [0.1, 0.15) is 12.2 Å². The number of carbonyl (C=O) groups is 3. The molecule has 1 heterocycles. The van der Waals surface area contributed by atoms with Gasteiger partial charge in [0.25, 0.3) is 11.8 Å². The Labute approximate surface area is 190 Å². The van der Waals surface area contributed by atoms with Crippen molar-refractivity contribution in [3.8, 4) is 18.1 Å². The van der Waals surface area contributed by atoms with Gasteiger partial charge in [0.05, 0.1) is 15.2 Å². The largest absolute Gasteiger partial charge is 0.478 e. The molecule has 1 aliphatic heterocycles. The van der Waals surface area contributed by atoms with Crippen LogP contribution in [0.4, 0.5) is 10.5 Å². The number of benzene rings is 2. The lowest BCUT2D eigenvalue weighted by Gasteiger charge is -2.26. The molecule has 2 aromatic rings. The number of nitrogens with one attached hydrogen (secondary N) is 1. The Balaban J connectivity index is 2.00. The van der Waals surface area contributed by atoms with E-state index < -0.39 is 17.8 Å². The number of amides is 4. The molecule has 4 amide bonds. The molecule has 3 rings (SSSR count). The normalized spacial score (nSPS) is 15.2. The van der Waals surface area contributed by atoms with Crippen molar-refractivity contribution in [1.29, 1.82) is 0 Å². The summed E-state index contributed by atoms with van der Waals surface area (Å²) < 4.78 is 5.85. The van der Waals surface area contributed by atoms with Crippen molar-refractivity contribution in [3.05, 3.63) is 61.5 Å². The Morgan fingerprint density at radius 1 is 1.20 bits per heavy atom. The highest BCUT2D eigenvalue weighted by atomic mass is 79.9. The molecule has 0 bridgehead atoms. The van der Waals surface area contributed by atoms with Gasteiger partial charge in [-0.25, -0.2) is 9.69 Å². The Kier molecular flexibility index (Phi) is 6.52. The van der Waals surface area contributed by atoms with E-state index in [1.165, 1.54) is 18.2 Å². The predicted molar refractivity (Wildman–Crippen MR) is 119 cm³/mol. The number of urea groups is 1. The molecule has 2 aromatic carbocycles. The predicted octanol–water partition coefficient (Wildman–Crippen LogP) is 4.74. The third-order valence-electron chi connectivity index (χ3n) is 4.15. The number of nitrogens with zero attached hydrogens (tertiary/aromatic N) is 1. The first-order valence-electron chi connectivity index (χ1n) is 8.46. The van der Waals surface area contributed by atoms with E-state index in [1.54, 1.807) is 25.1 Å². The van der Waals surface area contributed by atoms with Crippen molar-refractivity contribution >= 4 is 68.7 Å². The van der Waals surface area contributed by atoms with Gasteiger partial charge in [-0.1, -0.05) is 35.2 Å². The van der Waals surface area contributed by atoms with E-state index in [9.17, 15) is 14.4 Å². The SMILES string of the molecule is C#CCOc1c(Cl)cc(/C=C2/C(=O)NC(=O)N(c3ccc(C)c(Cl)c3)C2=O)cc1Br. The average Bonchev–Trinajstić information content (AvgIpc) is 2.67. The van der Waals surface area contributed by atoms with E-state index in [0.29, 0.717) is 20.8 Å². The number of hydrogen-bond acceptors (Lipinski definition) is 4. The fourth-order valence-electron chi connectivity index (χ4n) is 2.69. The van der Waals surface area contributed by atoms with Crippen LogP contribution < -0.4 is 15.0 Å². The van der Waals surface area contributed by atoms with Gasteiger partial charge in [-0.05, 0) is 64.3 Å². The zero-order chi connectivity index (χ0) is 22.0. The van der Waals surface area contributed by atoms with Crippen LogP contribution in [0.2, 0.25) is 10.0 Å². The maximum absolute atomic E-state index is 13.0. The minimum absolute atomic E-state index is 0.0236. The van der Waals surface area contributed by atoms with E-state index in [2.05, 4.69) is 27.2 Å². The lowest BCUT2D eigenvalue weighted by molar-refractivity contribution is -0.122. The summed E-state index contributed by atoms with van der Waals surface area (Å²) in [6, 6.07) is 6.97. The van der Waals surface area contributed by atoms with Crippen LogP contribution in [0.15, 0.2) is 40.4 Å². The summed E-state index contributed by atoms with van der Waals surface area (Å²) in [6.07, 6.45) is 6.51. The summed E-state index contributed by atoms with van der Waals surface area (Å²) >= 11 is 15.7. The lowest BCUT2D eigenvalue weighted by Crippen LogP contribution is -2.54. The Morgan fingerprint density at radius 2 is 1.93 bits per heavy atom. The van der Waals surface area contributed by atoms with Crippen LogP contribution >= 0.6 is 39.1 Å². The fourth-order valence-corrected chi connectivity index (χ4v) is 3.86. The molecule has 1 fully saturated rings. The maximum atomic E-state index is 13.0. The Hall–Kier alpha value is -2.79. The van der Waals surface area contributed by atoms with Crippen LogP contribution in [0.1, 0.15) is 11.1 Å². The number of anilines is 1. The fraction of sp³-hybridized carbons (Fsp3) is 0.0952. The molecule has 0 atom stereocenters. The van der Waals surface area contributed by atoms with Gasteiger partial charge in [-0.2, -0.15) is 0 Å². The minimum Gasteiger partial charge on any atom is -0.478 e. The number of terminal acetylenes is 1. The van der Waals surface area contributed by atoms with Crippen LogP contribution in [0.25, 0.3) is 6.08 Å². The average molecular weight is 508 g/mol. The van der Waals surface area contributed by atoms with Gasteiger partial charge in [0, 0.05) is 5.02 Å². The third kappa shape index (κ3) is 4.36. The van der Waals surface area contributed by atoms with E-state index in [4.69, 9.17) is 34.4 Å². The number of imide groups is 2. The summed E-state index contributed by atoms with van der Waals surface area (Å²) in [4.78, 5) is 38.4. The van der Waals surface area contributed by atoms with Gasteiger partial charge < -0.3 is 4.74 Å². The van der Waals surface area contributed by atoms with Gasteiger partial charge in [-0.3, -0.25) is 14.9 Å². The molecule has 9 heteroatoms. The standard InChI is InChI=1S/C21H13BrCl2N2O4/c1-3-6-30-18-15(22)8-12(9-17(18)24)7-14-19(27)25-21(29)26(20(14)28)13-5-4-11(2)16(23)10-13/h1,4-5,7-10H,6H2,2H3,(H,25,27,29)/b14-7-. The quantitative estimate of drug-likeness (QED) is 0.368. The molecule has 0 saturated carbocycles. The first-order chi connectivity index (χ1) is 14.2. The Morgan fingerprint density at radius 3 is 2.57 bits per heavy atom. The highest BCUT2D eigenvalue weighted by Gasteiger charge is 2.37. The number of aryl methyl sites for hydroxylation is 1. The molecule has 30 heavy (non-hydrogen) atoms. The number of hydrogen-bond donors (Lipinski definition) is 1. The van der Waals surface area contributed by atoms with Gasteiger partial charge >= 0.3 is 6.03 Å². The first-order valence-corrected chi connectivity index (χ1v) is 10.0. The zero-order valence-electron chi connectivity index (χ0n) is 15.5.